The van der Waals surface area contributed by atoms with Gasteiger partial charge in [0.2, 0.25) is 0 Å². The van der Waals surface area contributed by atoms with Crippen LogP contribution in [0.2, 0.25) is 0 Å². The average Bonchev–Trinajstić information content (AvgIpc) is 2.84. The number of benzene rings is 3. The Bertz CT molecular complexity index is 1430. The predicted octanol–water partition coefficient (Wildman–Crippen LogP) is 6.93. The SMILES string of the molecule is CC(C)(C)c1ccnc(-c2[c-]cc3c(ccc4ccccc43)c2)c1.O=C(O)c1ccccn1.[Ir]. The van der Waals surface area contributed by atoms with Gasteiger partial charge < -0.3 is 10.1 Å². The van der Waals surface area contributed by atoms with Crippen LogP contribution < -0.4 is 0 Å². The average molecular weight is 626 g/mol. The third-order valence-corrected chi connectivity index (χ3v) is 5.46. The minimum absolute atomic E-state index is 0. The quantitative estimate of drug-likeness (QED) is 0.171. The molecule has 0 aliphatic rings. The van der Waals surface area contributed by atoms with Crippen molar-refractivity contribution < 1.29 is 30.0 Å². The number of pyridine rings is 2. The predicted molar refractivity (Wildman–Crippen MR) is 133 cm³/mol. The number of hydrogen-bond donors (Lipinski definition) is 1. The minimum atomic E-state index is -0.990. The molecule has 0 saturated carbocycles. The van der Waals surface area contributed by atoms with Crippen molar-refractivity contribution in [2.45, 2.75) is 26.2 Å². The van der Waals surface area contributed by atoms with E-state index in [0.717, 1.165) is 11.3 Å². The van der Waals surface area contributed by atoms with Gasteiger partial charge >= 0.3 is 5.97 Å². The molecule has 2 aromatic heterocycles. The van der Waals surface area contributed by atoms with Crippen molar-refractivity contribution in [1.29, 1.82) is 0 Å². The third-order valence-electron chi connectivity index (χ3n) is 5.46. The first-order valence-corrected chi connectivity index (χ1v) is 10.8. The van der Waals surface area contributed by atoms with Crippen LogP contribution in [-0.4, -0.2) is 21.0 Å². The molecule has 0 saturated heterocycles. The first-order valence-electron chi connectivity index (χ1n) is 10.8. The Morgan fingerprint density at radius 2 is 1.56 bits per heavy atom. The summed E-state index contributed by atoms with van der Waals surface area (Å²) in [5.41, 5.74) is 3.52. The van der Waals surface area contributed by atoms with Crippen LogP contribution in [0.15, 0.2) is 91.3 Å². The monoisotopic (exact) mass is 626 g/mol. The molecule has 5 rings (SSSR count). The Labute approximate surface area is 213 Å². The molecule has 5 aromatic rings. The van der Waals surface area contributed by atoms with Crippen LogP contribution in [0.1, 0.15) is 36.8 Å². The molecule has 0 unspecified atom stereocenters. The number of carboxylic acid groups (broad SMARTS) is 1. The van der Waals surface area contributed by atoms with Gasteiger partial charge in [0.05, 0.1) is 0 Å². The Hall–Kier alpha value is -3.40. The van der Waals surface area contributed by atoms with E-state index >= 15 is 0 Å². The second-order valence-corrected chi connectivity index (χ2v) is 8.84. The summed E-state index contributed by atoms with van der Waals surface area (Å²) in [5.74, 6) is -0.990. The topological polar surface area (TPSA) is 63.1 Å². The van der Waals surface area contributed by atoms with E-state index in [-0.39, 0.29) is 31.2 Å². The number of fused-ring (bicyclic) bond motifs is 3. The van der Waals surface area contributed by atoms with Gasteiger partial charge in [-0.1, -0.05) is 80.1 Å². The van der Waals surface area contributed by atoms with Crippen LogP contribution in [0, 0.1) is 6.07 Å². The zero-order valence-corrected chi connectivity index (χ0v) is 21.6. The Balaban J connectivity index is 0.000000275. The van der Waals surface area contributed by atoms with Gasteiger partial charge in [0.15, 0.2) is 0 Å². The van der Waals surface area contributed by atoms with Crippen LogP contribution >= 0.6 is 0 Å². The van der Waals surface area contributed by atoms with Gasteiger partial charge in [-0.3, -0.25) is 0 Å². The van der Waals surface area contributed by atoms with Crippen molar-refractivity contribution in [3.8, 4) is 11.3 Å². The van der Waals surface area contributed by atoms with Gasteiger partial charge in [0.1, 0.15) is 5.69 Å². The van der Waals surface area contributed by atoms with Crippen LogP contribution in [0.5, 0.6) is 0 Å². The van der Waals surface area contributed by atoms with Gasteiger partial charge in [0, 0.05) is 32.5 Å². The largest absolute Gasteiger partial charge is 0.477 e. The van der Waals surface area contributed by atoms with E-state index in [1.54, 1.807) is 12.1 Å². The fourth-order valence-electron chi connectivity index (χ4n) is 3.63. The van der Waals surface area contributed by atoms with Crippen molar-refractivity contribution >= 4 is 27.5 Å². The molecule has 0 spiro atoms. The van der Waals surface area contributed by atoms with Crippen LogP contribution in [0.4, 0.5) is 0 Å². The molecule has 0 atom stereocenters. The first-order chi connectivity index (χ1) is 15.8. The fraction of sp³-hybridized carbons (Fsp3) is 0.138. The molecule has 0 fully saturated rings. The molecule has 0 amide bonds. The molecule has 4 nitrogen and oxygen atoms in total. The van der Waals surface area contributed by atoms with Gasteiger partial charge in [-0.2, -0.15) is 0 Å². The molecule has 2 heterocycles. The molecule has 1 N–H and O–H groups in total. The summed E-state index contributed by atoms with van der Waals surface area (Å²) in [6, 6.07) is 29.6. The number of rotatable bonds is 2. The number of hydrogen-bond acceptors (Lipinski definition) is 3. The van der Waals surface area contributed by atoms with E-state index in [1.807, 2.05) is 6.20 Å². The maximum absolute atomic E-state index is 10.1. The summed E-state index contributed by atoms with van der Waals surface area (Å²) < 4.78 is 0. The van der Waals surface area contributed by atoms with Crippen molar-refractivity contribution in [2.75, 3.05) is 0 Å². The van der Waals surface area contributed by atoms with Gasteiger partial charge in [0.25, 0.3) is 0 Å². The summed E-state index contributed by atoms with van der Waals surface area (Å²) in [7, 11) is 0. The van der Waals surface area contributed by atoms with Crippen LogP contribution in [-0.2, 0) is 25.5 Å². The standard InChI is InChI=1S/C23H20N.C6H5NO2.Ir/c1-23(2,3)19-12-13-24-22(15-19)18-10-11-21-17(14-18)9-8-16-6-4-5-7-20(16)21;8-6(9)5-3-1-2-4-7-5;/h4-9,11-15H,1-3H3;1-4H,(H,8,9);/q-1;;. The number of aromatic nitrogens is 2. The number of carbonyl (C=O) groups is 1. The molecular weight excluding hydrogens is 601 g/mol. The van der Waals surface area contributed by atoms with E-state index in [1.165, 1.54) is 39.4 Å². The molecule has 173 valence electrons. The van der Waals surface area contributed by atoms with E-state index in [0.29, 0.717) is 0 Å². The molecule has 34 heavy (non-hydrogen) atoms. The number of aromatic carboxylic acids is 1. The van der Waals surface area contributed by atoms with Crippen molar-refractivity contribution in [1.82, 2.24) is 9.97 Å². The van der Waals surface area contributed by atoms with Crippen molar-refractivity contribution in [2.24, 2.45) is 0 Å². The Kier molecular flexibility index (Phi) is 7.93. The Morgan fingerprint density at radius 3 is 2.24 bits per heavy atom. The maximum atomic E-state index is 10.1. The van der Waals surface area contributed by atoms with Gasteiger partial charge in [-0.15, -0.1) is 29.1 Å². The molecule has 1 radical (unpaired) electrons. The zero-order valence-electron chi connectivity index (χ0n) is 19.2. The van der Waals surface area contributed by atoms with Gasteiger partial charge in [-0.25, -0.2) is 9.78 Å². The first kappa shape index (κ1) is 25.2. The molecule has 5 heteroatoms. The van der Waals surface area contributed by atoms with Crippen LogP contribution in [0.3, 0.4) is 0 Å². The summed E-state index contributed by atoms with van der Waals surface area (Å²) in [4.78, 5) is 18.3. The fourth-order valence-corrected chi connectivity index (χ4v) is 3.63. The van der Waals surface area contributed by atoms with E-state index in [4.69, 9.17) is 5.11 Å². The summed E-state index contributed by atoms with van der Waals surface area (Å²) in [5, 5.41) is 13.3. The normalized spacial score (nSPS) is 10.8. The third kappa shape index (κ3) is 5.74. The molecule has 0 aliphatic carbocycles. The molecule has 0 bridgehead atoms. The van der Waals surface area contributed by atoms with E-state index < -0.39 is 5.97 Å². The smallest absolute Gasteiger partial charge is 0.354 e. The van der Waals surface area contributed by atoms with E-state index in [2.05, 4.69) is 97.5 Å². The minimum Gasteiger partial charge on any atom is -0.477 e. The summed E-state index contributed by atoms with van der Waals surface area (Å²) in [6.07, 6.45) is 3.35. The molecule has 0 aliphatic heterocycles. The van der Waals surface area contributed by atoms with E-state index in [9.17, 15) is 4.79 Å². The second-order valence-electron chi connectivity index (χ2n) is 8.84. The zero-order chi connectivity index (χ0) is 23.4. The molecular formula is C29H25IrN2O2-. The summed E-state index contributed by atoms with van der Waals surface area (Å²) >= 11 is 0. The maximum Gasteiger partial charge on any atom is 0.354 e. The number of carboxylic acids is 1. The molecule has 3 aromatic carbocycles. The van der Waals surface area contributed by atoms with Crippen molar-refractivity contribution in [3.63, 3.8) is 0 Å². The number of nitrogens with zero attached hydrogens (tertiary/aromatic N) is 2. The van der Waals surface area contributed by atoms with Crippen molar-refractivity contribution in [3.05, 3.63) is 109 Å². The summed E-state index contributed by atoms with van der Waals surface area (Å²) in [6.45, 7) is 6.67. The Morgan fingerprint density at radius 1 is 0.824 bits per heavy atom. The second kappa shape index (κ2) is 10.7. The van der Waals surface area contributed by atoms with Crippen LogP contribution in [0.25, 0.3) is 32.8 Å². The van der Waals surface area contributed by atoms with Gasteiger partial charge in [-0.05, 0) is 40.3 Å².